The SMILES string of the molecule is O=C1NN=C(c2ccc3c(c2)CCN(C2CCC2)CC3)C2CCCCC12. The average molecular weight is 351 g/mol. The molecule has 2 atom stereocenters. The molecule has 2 unspecified atom stereocenters. The molecule has 0 spiro atoms. The van der Waals surface area contributed by atoms with Crippen LogP contribution in [0.25, 0.3) is 0 Å². The van der Waals surface area contributed by atoms with Gasteiger partial charge < -0.3 is 0 Å². The van der Waals surface area contributed by atoms with Gasteiger partial charge in [0.15, 0.2) is 0 Å². The van der Waals surface area contributed by atoms with Crippen LogP contribution < -0.4 is 5.43 Å². The maximum absolute atomic E-state index is 12.2. The lowest BCUT2D eigenvalue weighted by Gasteiger charge is -2.36. The Morgan fingerprint density at radius 2 is 1.69 bits per heavy atom. The van der Waals surface area contributed by atoms with E-state index in [0.717, 1.165) is 31.0 Å². The molecule has 2 aliphatic heterocycles. The highest BCUT2D eigenvalue weighted by atomic mass is 16.2. The minimum atomic E-state index is 0.129. The van der Waals surface area contributed by atoms with E-state index in [2.05, 4.69) is 33.6 Å². The highest BCUT2D eigenvalue weighted by molar-refractivity contribution is 6.06. The average Bonchev–Trinajstić information content (AvgIpc) is 2.83. The lowest BCUT2D eigenvalue weighted by atomic mass is 9.73. The second-order valence-corrected chi connectivity index (χ2v) is 8.57. The van der Waals surface area contributed by atoms with Crippen LogP contribution in [0, 0.1) is 11.8 Å². The van der Waals surface area contributed by atoms with Crippen molar-refractivity contribution < 1.29 is 4.79 Å². The van der Waals surface area contributed by atoms with Gasteiger partial charge >= 0.3 is 0 Å². The molecule has 0 bridgehead atoms. The molecule has 26 heavy (non-hydrogen) atoms. The fourth-order valence-electron chi connectivity index (χ4n) is 5.35. The van der Waals surface area contributed by atoms with Crippen LogP contribution in [0.1, 0.15) is 61.6 Å². The molecular formula is C22H29N3O. The molecule has 1 N–H and O–H groups in total. The number of benzene rings is 1. The van der Waals surface area contributed by atoms with E-state index < -0.39 is 0 Å². The second kappa shape index (κ2) is 6.80. The van der Waals surface area contributed by atoms with Crippen LogP contribution in [0.4, 0.5) is 0 Å². The first kappa shape index (κ1) is 16.5. The number of hydrazone groups is 1. The summed E-state index contributed by atoms with van der Waals surface area (Å²) in [7, 11) is 0. The number of carbonyl (C=O) groups excluding carboxylic acids is 1. The Hall–Kier alpha value is -1.68. The summed E-state index contributed by atoms with van der Waals surface area (Å²) in [6, 6.07) is 7.79. The summed E-state index contributed by atoms with van der Waals surface area (Å²) in [5, 5.41) is 4.51. The second-order valence-electron chi connectivity index (χ2n) is 8.57. The molecule has 1 amide bonds. The molecule has 2 saturated carbocycles. The minimum absolute atomic E-state index is 0.129. The minimum Gasteiger partial charge on any atom is -0.300 e. The van der Waals surface area contributed by atoms with E-state index >= 15 is 0 Å². The first-order chi connectivity index (χ1) is 12.8. The molecule has 4 heteroatoms. The smallest absolute Gasteiger partial charge is 0.243 e. The molecule has 1 aromatic rings. The lowest BCUT2D eigenvalue weighted by Crippen LogP contribution is -2.43. The molecule has 0 aromatic heterocycles. The van der Waals surface area contributed by atoms with E-state index in [0.29, 0.717) is 5.92 Å². The zero-order chi connectivity index (χ0) is 17.5. The lowest BCUT2D eigenvalue weighted by molar-refractivity contribution is -0.127. The van der Waals surface area contributed by atoms with Crippen molar-refractivity contribution in [2.75, 3.05) is 13.1 Å². The predicted octanol–water partition coefficient (Wildman–Crippen LogP) is 3.28. The standard InChI is InChI=1S/C22H29N3O/c26-22-20-7-2-1-6-19(20)21(23-24-22)17-9-8-15-10-12-25(18-4-3-5-18)13-11-16(15)14-17/h8-9,14,18-20H,1-7,10-13H2,(H,24,26). The fraction of sp³-hybridized carbons (Fsp3) is 0.636. The normalized spacial score (nSPS) is 29.7. The van der Waals surface area contributed by atoms with Crippen LogP contribution in [-0.4, -0.2) is 35.7 Å². The Balaban J connectivity index is 1.39. The van der Waals surface area contributed by atoms with Crippen molar-refractivity contribution in [2.45, 2.75) is 63.8 Å². The molecule has 5 rings (SSSR count). The number of hydrogen-bond donors (Lipinski definition) is 1. The Kier molecular flexibility index (Phi) is 4.32. The summed E-state index contributed by atoms with van der Waals surface area (Å²) in [4.78, 5) is 14.9. The number of hydrogen-bond acceptors (Lipinski definition) is 3. The van der Waals surface area contributed by atoms with Gasteiger partial charge in [-0.3, -0.25) is 9.69 Å². The van der Waals surface area contributed by atoms with Crippen molar-refractivity contribution in [1.29, 1.82) is 0 Å². The Morgan fingerprint density at radius 3 is 2.46 bits per heavy atom. The zero-order valence-corrected chi connectivity index (χ0v) is 15.5. The van der Waals surface area contributed by atoms with Gasteiger partial charge in [-0.15, -0.1) is 0 Å². The maximum Gasteiger partial charge on any atom is 0.243 e. The summed E-state index contributed by atoms with van der Waals surface area (Å²) in [6.07, 6.45) is 11.0. The molecule has 1 aromatic carbocycles. The van der Waals surface area contributed by atoms with Crippen molar-refractivity contribution in [2.24, 2.45) is 16.9 Å². The van der Waals surface area contributed by atoms with Gasteiger partial charge in [-0.25, -0.2) is 5.43 Å². The van der Waals surface area contributed by atoms with Crippen molar-refractivity contribution in [3.63, 3.8) is 0 Å². The summed E-state index contributed by atoms with van der Waals surface area (Å²) < 4.78 is 0. The highest BCUT2D eigenvalue weighted by Gasteiger charge is 2.38. The van der Waals surface area contributed by atoms with Crippen LogP contribution in [0.3, 0.4) is 0 Å². The molecule has 0 saturated heterocycles. The first-order valence-corrected chi connectivity index (χ1v) is 10.5. The fourth-order valence-corrected chi connectivity index (χ4v) is 5.35. The van der Waals surface area contributed by atoms with Crippen LogP contribution in [0.5, 0.6) is 0 Å². The highest BCUT2D eigenvalue weighted by Crippen LogP contribution is 2.35. The third kappa shape index (κ3) is 2.88. The van der Waals surface area contributed by atoms with E-state index in [-0.39, 0.29) is 11.8 Å². The number of nitrogens with zero attached hydrogens (tertiary/aromatic N) is 2. The first-order valence-electron chi connectivity index (χ1n) is 10.5. The van der Waals surface area contributed by atoms with Gasteiger partial charge in [0.2, 0.25) is 5.91 Å². The zero-order valence-electron chi connectivity index (χ0n) is 15.5. The van der Waals surface area contributed by atoms with E-state index in [1.165, 1.54) is 68.3 Å². The largest absolute Gasteiger partial charge is 0.300 e. The van der Waals surface area contributed by atoms with Crippen LogP contribution in [0.15, 0.2) is 23.3 Å². The van der Waals surface area contributed by atoms with Crippen LogP contribution >= 0.6 is 0 Å². The van der Waals surface area contributed by atoms with Crippen molar-refractivity contribution in [1.82, 2.24) is 10.3 Å². The third-order valence-electron chi connectivity index (χ3n) is 7.17. The Labute approximate surface area is 156 Å². The maximum atomic E-state index is 12.2. The molecule has 0 radical (unpaired) electrons. The quantitative estimate of drug-likeness (QED) is 0.889. The number of carbonyl (C=O) groups is 1. The van der Waals surface area contributed by atoms with E-state index in [1.54, 1.807) is 0 Å². The van der Waals surface area contributed by atoms with Crippen molar-refractivity contribution in [3.8, 4) is 0 Å². The van der Waals surface area contributed by atoms with Gasteiger partial charge in [-0.2, -0.15) is 5.10 Å². The van der Waals surface area contributed by atoms with Crippen molar-refractivity contribution >= 4 is 11.6 Å². The van der Waals surface area contributed by atoms with E-state index in [1.807, 2.05) is 0 Å². The van der Waals surface area contributed by atoms with E-state index in [9.17, 15) is 4.79 Å². The molecule has 4 aliphatic rings. The number of amides is 1. The predicted molar refractivity (Wildman–Crippen MR) is 103 cm³/mol. The summed E-state index contributed by atoms with van der Waals surface area (Å²) in [6.45, 7) is 2.40. The summed E-state index contributed by atoms with van der Waals surface area (Å²) >= 11 is 0. The van der Waals surface area contributed by atoms with Gasteiger partial charge in [0.05, 0.1) is 5.71 Å². The van der Waals surface area contributed by atoms with Gasteiger partial charge in [-0.1, -0.05) is 31.4 Å². The molecule has 2 aliphatic carbocycles. The number of rotatable bonds is 2. The summed E-state index contributed by atoms with van der Waals surface area (Å²) in [5.41, 5.74) is 8.16. The summed E-state index contributed by atoms with van der Waals surface area (Å²) in [5.74, 6) is 0.571. The monoisotopic (exact) mass is 351 g/mol. The molecule has 2 fully saturated rings. The van der Waals surface area contributed by atoms with Crippen LogP contribution in [-0.2, 0) is 17.6 Å². The van der Waals surface area contributed by atoms with E-state index in [4.69, 9.17) is 0 Å². The van der Waals surface area contributed by atoms with Crippen molar-refractivity contribution in [3.05, 3.63) is 34.9 Å². The molecule has 2 heterocycles. The molecule has 4 nitrogen and oxygen atoms in total. The van der Waals surface area contributed by atoms with Crippen LogP contribution in [0.2, 0.25) is 0 Å². The van der Waals surface area contributed by atoms with Gasteiger partial charge in [0.25, 0.3) is 0 Å². The molecule has 138 valence electrons. The number of nitrogens with one attached hydrogen (secondary N) is 1. The Morgan fingerprint density at radius 1 is 0.923 bits per heavy atom. The van der Waals surface area contributed by atoms with Gasteiger partial charge in [-0.05, 0) is 61.3 Å². The third-order valence-corrected chi connectivity index (χ3v) is 7.17. The Bertz CT molecular complexity index is 737. The number of fused-ring (bicyclic) bond motifs is 2. The molecular weight excluding hydrogens is 322 g/mol. The van der Waals surface area contributed by atoms with Gasteiger partial charge in [0.1, 0.15) is 0 Å². The van der Waals surface area contributed by atoms with Gasteiger partial charge in [0, 0.05) is 31.0 Å². The topological polar surface area (TPSA) is 44.7 Å².